The minimum Gasteiger partial charge on any atom is -0.444 e. The molecule has 29 heavy (non-hydrogen) atoms. The van der Waals surface area contributed by atoms with Crippen LogP contribution in [0.2, 0.25) is 0 Å². The predicted molar refractivity (Wildman–Crippen MR) is 112 cm³/mol. The Bertz CT molecular complexity index is 1070. The van der Waals surface area contributed by atoms with Gasteiger partial charge in [-0.15, -0.1) is 0 Å². The molecule has 3 heterocycles. The van der Waals surface area contributed by atoms with Crippen molar-refractivity contribution in [1.82, 2.24) is 19.4 Å². The number of benzene rings is 1. The third-order valence-electron chi connectivity index (χ3n) is 5.21. The number of nitrogens with zero attached hydrogens (tertiary/aromatic N) is 3. The Balaban J connectivity index is 1.59. The van der Waals surface area contributed by atoms with Crippen molar-refractivity contribution in [2.45, 2.75) is 45.3 Å². The van der Waals surface area contributed by atoms with Crippen LogP contribution in [-0.2, 0) is 4.74 Å². The quantitative estimate of drug-likeness (QED) is 0.713. The van der Waals surface area contributed by atoms with Crippen LogP contribution in [0.3, 0.4) is 0 Å². The number of aromatic amines is 1. The highest BCUT2D eigenvalue weighted by Gasteiger charge is 2.29. The molecule has 7 nitrogen and oxygen atoms in total. The molecule has 0 saturated carbocycles. The molecule has 0 unspecified atom stereocenters. The van der Waals surface area contributed by atoms with Crippen molar-refractivity contribution in [3.63, 3.8) is 0 Å². The van der Waals surface area contributed by atoms with E-state index in [4.69, 9.17) is 4.74 Å². The lowest BCUT2D eigenvalue weighted by molar-refractivity contribution is 0.0189. The summed E-state index contributed by atoms with van der Waals surface area (Å²) >= 11 is 0. The number of para-hydroxylation sites is 1. The summed E-state index contributed by atoms with van der Waals surface area (Å²) in [5.41, 5.74) is 2.99. The van der Waals surface area contributed by atoms with Gasteiger partial charge in [0, 0.05) is 42.7 Å². The first kappa shape index (κ1) is 19.2. The first-order valence-electron chi connectivity index (χ1n) is 9.95. The number of amides is 1. The fourth-order valence-corrected chi connectivity index (χ4v) is 3.91. The number of carbonyl (C=O) groups is 1. The maximum Gasteiger partial charge on any atom is 0.410 e. The number of hydrogen-bond acceptors (Lipinski definition) is 4. The molecule has 7 heteroatoms. The van der Waals surface area contributed by atoms with Crippen LogP contribution in [-0.4, -0.2) is 44.2 Å². The minimum absolute atomic E-state index is 0.0408. The number of likely N-dealkylation sites (tertiary alicyclic amines) is 1. The van der Waals surface area contributed by atoms with Crippen LogP contribution in [0.15, 0.2) is 47.5 Å². The molecular formula is C22H26N4O3. The maximum absolute atomic E-state index is 12.8. The highest BCUT2D eigenvalue weighted by Crippen LogP contribution is 2.30. The van der Waals surface area contributed by atoms with E-state index in [2.05, 4.69) is 9.97 Å². The third-order valence-corrected chi connectivity index (χ3v) is 5.21. The van der Waals surface area contributed by atoms with Gasteiger partial charge in [-0.2, -0.15) is 0 Å². The third kappa shape index (κ3) is 3.90. The molecule has 4 rings (SSSR count). The van der Waals surface area contributed by atoms with Gasteiger partial charge in [-0.05, 0) is 45.7 Å². The van der Waals surface area contributed by atoms with Crippen LogP contribution in [0.4, 0.5) is 4.79 Å². The number of H-pyrrole nitrogens is 1. The molecule has 3 aromatic rings. The first-order chi connectivity index (χ1) is 13.8. The molecule has 0 atom stereocenters. The van der Waals surface area contributed by atoms with E-state index in [1.54, 1.807) is 17.3 Å². The van der Waals surface area contributed by atoms with Crippen LogP contribution in [0.25, 0.3) is 22.2 Å². The number of imidazole rings is 1. The molecule has 1 amide bonds. The van der Waals surface area contributed by atoms with Gasteiger partial charge in [-0.3, -0.25) is 9.55 Å². The van der Waals surface area contributed by atoms with Gasteiger partial charge in [0.15, 0.2) is 0 Å². The maximum atomic E-state index is 12.8. The number of carbonyl (C=O) groups excluding carboxylic acids is 1. The van der Waals surface area contributed by atoms with E-state index in [0.717, 1.165) is 22.2 Å². The van der Waals surface area contributed by atoms with Gasteiger partial charge in [0.1, 0.15) is 5.60 Å². The van der Waals surface area contributed by atoms with Crippen molar-refractivity contribution in [1.29, 1.82) is 0 Å². The number of rotatable bonds is 2. The summed E-state index contributed by atoms with van der Waals surface area (Å²) in [5.74, 6) is 0. The second kappa shape index (κ2) is 7.39. The van der Waals surface area contributed by atoms with Crippen molar-refractivity contribution in [3.8, 4) is 11.1 Å². The Labute approximate surface area is 169 Å². The lowest BCUT2D eigenvalue weighted by Gasteiger charge is -2.33. The summed E-state index contributed by atoms with van der Waals surface area (Å²) in [6.45, 7) is 6.73. The fraction of sp³-hybridized carbons (Fsp3) is 0.409. The van der Waals surface area contributed by atoms with E-state index >= 15 is 0 Å². The second-order valence-corrected chi connectivity index (χ2v) is 8.44. The molecule has 1 saturated heterocycles. The average molecular weight is 394 g/mol. The molecule has 1 aromatic carbocycles. The molecule has 0 spiro atoms. The zero-order valence-electron chi connectivity index (χ0n) is 17.0. The van der Waals surface area contributed by atoms with Crippen molar-refractivity contribution in [2.24, 2.45) is 0 Å². The van der Waals surface area contributed by atoms with E-state index < -0.39 is 5.60 Å². The Morgan fingerprint density at radius 1 is 1.17 bits per heavy atom. The highest BCUT2D eigenvalue weighted by molar-refractivity contribution is 5.91. The number of aromatic nitrogens is 3. The number of fused-ring (bicyclic) bond motifs is 1. The van der Waals surface area contributed by atoms with Gasteiger partial charge in [0.25, 0.3) is 0 Å². The lowest BCUT2D eigenvalue weighted by atomic mass is 10.0. The van der Waals surface area contributed by atoms with Gasteiger partial charge in [-0.25, -0.2) is 9.59 Å². The molecule has 0 radical (unpaired) electrons. The van der Waals surface area contributed by atoms with Crippen molar-refractivity contribution < 1.29 is 9.53 Å². The van der Waals surface area contributed by atoms with E-state index in [-0.39, 0.29) is 17.8 Å². The first-order valence-corrected chi connectivity index (χ1v) is 9.95. The number of nitrogens with one attached hydrogen (secondary N) is 1. The fourth-order valence-electron chi connectivity index (χ4n) is 3.91. The largest absolute Gasteiger partial charge is 0.444 e. The molecule has 1 N–H and O–H groups in total. The highest BCUT2D eigenvalue weighted by atomic mass is 16.6. The number of hydrogen-bond donors (Lipinski definition) is 1. The summed E-state index contributed by atoms with van der Waals surface area (Å²) in [5, 5.41) is 0. The number of ether oxygens (including phenoxy) is 1. The van der Waals surface area contributed by atoms with E-state index in [1.807, 2.05) is 55.7 Å². The Hall–Kier alpha value is -3.09. The molecule has 1 fully saturated rings. The normalized spacial score (nSPS) is 15.6. The van der Waals surface area contributed by atoms with Gasteiger partial charge in [0.05, 0.1) is 11.0 Å². The van der Waals surface area contributed by atoms with Crippen molar-refractivity contribution >= 4 is 17.1 Å². The van der Waals surface area contributed by atoms with Crippen LogP contribution in [0.1, 0.15) is 39.7 Å². The molecule has 2 aromatic heterocycles. The van der Waals surface area contributed by atoms with Gasteiger partial charge >= 0.3 is 11.8 Å². The van der Waals surface area contributed by atoms with E-state index in [1.165, 1.54) is 0 Å². The van der Waals surface area contributed by atoms with Crippen molar-refractivity contribution in [3.05, 3.63) is 53.2 Å². The summed E-state index contributed by atoms with van der Waals surface area (Å²) in [4.78, 5) is 34.1. The molecule has 1 aliphatic rings. The minimum atomic E-state index is -0.510. The van der Waals surface area contributed by atoms with Crippen LogP contribution >= 0.6 is 0 Å². The molecular weight excluding hydrogens is 368 g/mol. The van der Waals surface area contributed by atoms with Crippen LogP contribution in [0, 0.1) is 0 Å². The predicted octanol–water partition coefficient (Wildman–Crippen LogP) is 3.96. The number of pyridine rings is 1. The molecule has 0 bridgehead atoms. The zero-order valence-corrected chi connectivity index (χ0v) is 17.0. The number of piperidine rings is 1. The van der Waals surface area contributed by atoms with Crippen molar-refractivity contribution in [2.75, 3.05) is 13.1 Å². The summed E-state index contributed by atoms with van der Waals surface area (Å²) < 4.78 is 7.30. The summed E-state index contributed by atoms with van der Waals surface area (Å²) in [6.07, 6.45) is 4.66. The van der Waals surface area contributed by atoms with Gasteiger partial charge < -0.3 is 14.6 Å². The smallest absolute Gasteiger partial charge is 0.410 e. The monoisotopic (exact) mass is 394 g/mol. The zero-order chi connectivity index (χ0) is 20.6. The standard InChI is InChI=1S/C22H26N4O3/c1-22(2,3)29-21(28)25-12-9-16(10-13-25)26-18-8-4-7-17(19(18)24-20(26)27)15-6-5-11-23-14-15/h4-8,11,14,16H,9-10,12-13H2,1-3H3,(H,24,27). The lowest BCUT2D eigenvalue weighted by Crippen LogP contribution is -2.43. The average Bonchev–Trinajstić information content (AvgIpc) is 3.03. The second-order valence-electron chi connectivity index (χ2n) is 8.44. The van der Waals surface area contributed by atoms with E-state index in [9.17, 15) is 9.59 Å². The Kier molecular flexibility index (Phi) is 4.90. The van der Waals surface area contributed by atoms with Gasteiger partial charge in [0.2, 0.25) is 0 Å². The summed E-state index contributed by atoms with van der Waals surface area (Å²) in [6, 6.07) is 9.83. The Morgan fingerprint density at radius 2 is 1.93 bits per heavy atom. The molecule has 0 aliphatic carbocycles. The van der Waals surface area contributed by atoms with Gasteiger partial charge in [-0.1, -0.05) is 18.2 Å². The SMILES string of the molecule is CC(C)(C)OC(=O)N1CCC(n2c(=O)[nH]c3c(-c4cccnc4)cccc32)CC1. The topological polar surface area (TPSA) is 80.2 Å². The molecule has 152 valence electrons. The molecule has 1 aliphatic heterocycles. The Morgan fingerprint density at radius 3 is 2.59 bits per heavy atom. The van der Waals surface area contributed by atoms with E-state index in [0.29, 0.717) is 25.9 Å². The van der Waals surface area contributed by atoms with Crippen LogP contribution in [0.5, 0.6) is 0 Å². The van der Waals surface area contributed by atoms with Crippen LogP contribution < -0.4 is 5.69 Å². The summed E-state index contributed by atoms with van der Waals surface area (Å²) in [7, 11) is 0.